The van der Waals surface area contributed by atoms with Crippen molar-refractivity contribution in [2.75, 3.05) is 25.5 Å². The molecule has 0 bridgehead atoms. The maximum atomic E-state index is 13.7. The van der Waals surface area contributed by atoms with E-state index in [0.717, 1.165) is 29.9 Å². The molecule has 4 rings (SSSR count). The molecular formula is C20H22FN3O3S. The monoisotopic (exact) mass is 403 g/mol. The van der Waals surface area contributed by atoms with E-state index in [1.54, 1.807) is 31.4 Å². The Hall–Kier alpha value is -2.58. The zero-order chi connectivity index (χ0) is 19.7. The molecule has 3 aromatic rings. The average Bonchev–Trinajstić information content (AvgIpc) is 3.12. The van der Waals surface area contributed by atoms with Crippen molar-refractivity contribution in [3.05, 3.63) is 54.5 Å². The summed E-state index contributed by atoms with van der Waals surface area (Å²) in [5.74, 6) is 0.103. The number of hydrogen-bond donors (Lipinski definition) is 2. The van der Waals surface area contributed by atoms with Crippen LogP contribution in [0.15, 0.2) is 53.6 Å². The van der Waals surface area contributed by atoms with Gasteiger partial charge < -0.3 is 15.4 Å². The third-order valence-corrected chi connectivity index (χ3v) is 6.73. The van der Waals surface area contributed by atoms with Gasteiger partial charge >= 0.3 is 0 Å². The molecule has 1 aliphatic heterocycles. The van der Waals surface area contributed by atoms with Gasteiger partial charge in [0, 0.05) is 17.6 Å². The summed E-state index contributed by atoms with van der Waals surface area (Å²) in [4.78, 5) is 0.117. The van der Waals surface area contributed by atoms with Crippen LogP contribution in [0.1, 0.15) is 12.8 Å². The predicted octanol–water partition coefficient (Wildman–Crippen LogP) is 3.19. The minimum Gasteiger partial charge on any atom is -0.495 e. The lowest BCUT2D eigenvalue weighted by atomic mass is 10.1. The average molecular weight is 403 g/mol. The second kappa shape index (κ2) is 7.44. The number of fused-ring (bicyclic) bond motifs is 1. The van der Waals surface area contributed by atoms with Crippen LogP contribution in [0.5, 0.6) is 5.75 Å². The number of anilines is 1. The molecule has 2 heterocycles. The van der Waals surface area contributed by atoms with Crippen LogP contribution in [0.4, 0.5) is 10.1 Å². The highest BCUT2D eigenvalue weighted by Gasteiger charge is 2.22. The molecule has 0 saturated carbocycles. The molecule has 1 fully saturated rings. The number of methoxy groups -OCH3 is 1. The Bertz CT molecular complexity index is 1110. The Morgan fingerprint density at radius 1 is 1.14 bits per heavy atom. The van der Waals surface area contributed by atoms with Crippen molar-refractivity contribution in [1.82, 2.24) is 9.29 Å². The summed E-state index contributed by atoms with van der Waals surface area (Å²) in [6.07, 6.45) is 3.34. The molecule has 0 unspecified atom stereocenters. The molecule has 1 saturated heterocycles. The molecule has 6 nitrogen and oxygen atoms in total. The van der Waals surface area contributed by atoms with Crippen LogP contribution in [-0.2, 0) is 10.0 Å². The maximum absolute atomic E-state index is 13.7. The Morgan fingerprint density at radius 2 is 1.93 bits per heavy atom. The van der Waals surface area contributed by atoms with Crippen molar-refractivity contribution >= 4 is 26.6 Å². The highest BCUT2D eigenvalue weighted by Crippen LogP contribution is 2.31. The van der Waals surface area contributed by atoms with Crippen LogP contribution in [0, 0.1) is 5.82 Å². The second-order valence-electron chi connectivity index (χ2n) is 6.85. The lowest BCUT2D eigenvalue weighted by Gasteiger charge is -2.25. The molecule has 148 valence electrons. The molecule has 2 N–H and O–H groups in total. The van der Waals surface area contributed by atoms with E-state index in [9.17, 15) is 12.8 Å². The molecule has 0 spiro atoms. The normalized spacial score (nSPS) is 15.6. The number of nitrogens with one attached hydrogen (secondary N) is 2. The smallest absolute Gasteiger partial charge is 0.268 e. The summed E-state index contributed by atoms with van der Waals surface area (Å²) < 4.78 is 46.6. The Morgan fingerprint density at radius 3 is 2.68 bits per heavy atom. The van der Waals surface area contributed by atoms with E-state index in [4.69, 9.17) is 4.74 Å². The first-order chi connectivity index (χ1) is 13.5. The zero-order valence-electron chi connectivity index (χ0n) is 15.5. The third-order valence-electron chi connectivity index (χ3n) is 5.05. The quantitative estimate of drug-likeness (QED) is 0.685. The van der Waals surface area contributed by atoms with Crippen LogP contribution < -0.4 is 15.4 Å². The van der Waals surface area contributed by atoms with Gasteiger partial charge in [0.2, 0.25) is 0 Å². The van der Waals surface area contributed by atoms with Crippen LogP contribution >= 0.6 is 0 Å². The summed E-state index contributed by atoms with van der Waals surface area (Å²) in [5.41, 5.74) is 0.946. The lowest BCUT2D eigenvalue weighted by molar-refractivity contribution is 0.413. The van der Waals surface area contributed by atoms with Crippen LogP contribution in [0.3, 0.4) is 0 Å². The van der Waals surface area contributed by atoms with Crippen LogP contribution in [-0.4, -0.2) is 38.6 Å². The molecule has 0 aliphatic carbocycles. The van der Waals surface area contributed by atoms with Gasteiger partial charge in [0.1, 0.15) is 11.6 Å². The van der Waals surface area contributed by atoms with Gasteiger partial charge in [-0.25, -0.2) is 16.8 Å². The van der Waals surface area contributed by atoms with E-state index in [-0.39, 0.29) is 10.9 Å². The number of hydrogen-bond acceptors (Lipinski definition) is 5. The zero-order valence-corrected chi connectivity index (χ0v) is 16.3. The van der Waals surface area contributed by atoms with Gasteiger partial charge in [-0.1, -0.05) is 0 Å². The summed E-state index contributed by atoms with van der Waals surface area (Å²) >= 11 is 0. The third kappa shape index (κ3) is 3.45. The molecule has 1 aromatic heterocycles. The number of rotatable bonds is 5. The summed E-state index contributed by atoms with van der Waals surface area (Å²) in [7, 11) is -2.33. The first-order valence-corrected chi connectivity index (χ1v) is 10.6. The number of piperidine rings is 1. The van der Waals surface area contributed by atoms with Gasteiger partial charge in [-0.05, 0) is 68.4 Å². The van der Waals surface area contributed by atoms with E-state index in [2.05, 4.69) is 10.6 Å². The SMILES string of the molecule is COc1ccc(S(=O)(=O)n2ccc3ccc(F)cc32)cc1NC1CCNCC1. The standard InChI is InChI=1S/C20H22FN3O3S/c1-27-20-5-4-17(13-18(20)23-16-6-9-22-10-7-16)28(25,26)24-11-8-14-2-3-15(21)12-19(14)24/h2-5,8,11-13,16,22-23H,6-7,9-10H2,1H3. The minimum atomic E-state index is -3.89. The van der Waals surface area contributed by atoms with Gasteiger partial charge in [0.05, 0.1) is 23.2 Å². The van der Waals surface area contributed by atoms with Crippen LogP contribution in [0.2, 0.25) is 0 Å². The summed E-state index contributed by atoms with van der Waals surface area (Å²) in [6.45, 7) is 1.83. The summed E-state index contributed by atoms with van der Waals surface area (Å²) in [6, 6.07) is 10.7. The first-order valence-electron chi connectivity index (χ1n) is 9.16. The van der Waals surface area contributed by atoms with E-state index < -0.39 is 15.8 Å². The van der Waals surface area contributed by atoms with Gasteiger partial charge in [-0.15, -0.1) is 0 Å². The van der Waals surface area contributed by atoms with Crippen molar-refractivity contribution in [1.29, 1.82) is 0 Å². The molecule has 2 aromatic carbocycles. The highest BCUT2D eigenvalue weighted by molar-refractivity contribution is 7.90. The Balaban J connectivity index is 1.74. The van der Waals surface area contributed by atoms with Gasteiger partial charge in [-0.2, -0.15) is 0 Å². The number of nitrogens with zero attached hydrogens (tertiary/aromatic N) is 1. The molecule has 1 aliphatic rings. The van der Waals surface area contributed by atoms with E-state index in [1.807, 2.05) is 0 Å². The molecule has 0 atom stereocenters. The Labute approximate surface area is 163 Å². The van der Waals surface area contributed by atoms with Crippen molar-refractivity contribution in [2.45, 2.75) is 23.8 Å². The highest BCUT2D eigenvalue weighted by atomic mass is 32.2. The predicted molar refractivity (Wildman–Crippen MR) is 107 cm³/mol. The molecular weight excluding hydrogens is 381 g/mol. The molecule has 28 heavy (non-hydrogen) atoms. The van der Waals surface area contributed by atoms with Gasteiger partial charge in [0.25, 0.3) is 10.0 Å². The largest absolute Gasteiger partial charge is 0.495 e. The fraction of sp³-hybridized carbons (Fsp3) is 0.300. The van der Waals surface area contributed by atoms with Crippen molar-refractivity contribution in [3.63, 3.8) is 0 Å². The number of ether oxygens (including phenoxy) is 1. The van der Waals surface area contributed by atoms with E-state index in [1.165, 1.54) is 24.4 Å². The number of aromatic nitrogens is 1. The topological polar surface area (TPSA) is 72.4 Å². The molecule has 8 heteroatoms. The lowest BCUT2D eigenvalue weighted by Crippen LogP contribution is -2.35. The Kier molecular flexibility index (Phi) is 4.99. The maximum Gasteiger partial charge on any atom is 0.268 e. The second-order valence-corrected chi connectivity index (χ2v) is 8.67. The fourth-order valence-corrected chi connectivity index (χ4v) is 4.92. The number of benzene rings is 2. The van der Waals surface area contributed by atoms with Gasteiger partial charge in [-0.3, -0.25) is 0 Å². The fourth-order valence-electron chi connectivity index (χ4n) is 3.55. The van der Waals surface area contributed by atoms with E-state index in [0.29, 0.717) is 22.3 Å². The van der Waals surface area contributed by atoms with Gasteiger partial charge in [0.15, 0.2) is 0 Å². The summed E-state index contributed by atoms with van der Waals surface area (Å²) in [5, 5.41) is 7.37. The van der Waals surface area contributed by atoms with Crippen molar-refractivity contribution in [2.24, 2.45) is 0 Å². The van der Waals surface area contributed by atoms with Crippen LogP contribution in [0.25, 0.3) is 10.9 Å². The van der Waals surface area contributed by atoms with Crippen molar-refractivity contribution in [3.8, 4) is 5.75 Å². The first kappa shape index (κ1) is 18.8. The number of halogens is 1. The molecule has 0 radical (unpaired) electrons. The van der Waals surface area contributed by atoms with Crippen molar-refractivity contribution < 1.29 is 17.5 Å². The van der Waals surface area contributed by atoms with E-state index >= 15 is 0 Å². The molecule has 0 amide bonds. The minimum absolute atomic E-state index is 0.117.